The van der Waals surface area contributed by atoms with E-state index in [1.54, 1.807) is 0 Å². The molecule has 0 radical (unpaired) electrons. The van der Waals surface area contributed by atoms with Crippen LogP contribution in [0, 0.1) is 0 Å². The summed E-state index contributed by atoms with van der Waals surface area (Å²) in [6.07, 6.45) is 0. The van der Waals surface area contributed by atoms with Crippen molar-refractivity contribution >= 4 is 53.4 Å². The van der Waals surface area contributed by atoms with E-state index in [-0.39, 0.29) is 58.9 Å². The van der Waals surface area contributed by atoms with Crippen LogP contribution < -0.4 is 12.3 Å². The van der Waals surface area contributed by atoms with Gasteiger partial charge < -0.3 is 32.7 Å². The van der Waals surface area contributed by atoms with Gasteiger partial charge in [-0.2, -0.15) is 0 Å². The molecule has 10 N–H and O–H groups in total. The second-order valence-corrected chi connectivity index (χ2v) is 2.08. The fraction of sp³-hybridized carbons (Fsp3) is 0.400. The molecule has 10 nitrogen and oxygen atoms in total. The first-order valence-corrected chi connectivity index (χ1v) is 4.21. The molecule has 0 saturated heterocycles. The van der Waals surface area contributed by atoms with E-state index in [0.717, 1.165) is 27.7 Å². The minimum absolute atomic E-state index is 0. The van der Waals surface area contributed by atoms with Crippen LogP contribution in [0.3, 0.4) is 0 Å². The van der Waals surface area contributed by atoms with Gasteiger partial charge in [0.2, 0.25) is 0 Å². The minimum atomic E-state index is -0.833. The molecule has 0 rings (SSSR count). The van der Waals surface area contributed by atoms with Gasteiger partial charge in [-0.25, -0.2) is 0 Å². The van der Waals surface area contributed by atoms with Crippen LogP contribution in [0.5, 0.6) is 0 Å². The van der Waals surface area contributed by atoms with Crippen LogP contribution in [-0.4, -0.2) is 73.9 Å². The fourth-order valence-corrected chi connectivity index (χ4v) is 0. The molecule has 0 saturated carbocycles. The average molecular weight is 382 g/mol. The van der Waals surface area contributed by atoms with Gasteiger partial charge in [0.25, 0.3) is 23.9 Å². The van der Waals surface area contributed by atoms with Crippen molar-refractivity contribution in [2.45, 2.75) is 27.7 Å². The Balaban J connectivity index is -0.0000000133. The van der Waals surface area contributed by atoms with Crippen molar-refractivity contribution in [2.24, 2.45) is 0 Å². The zero-order valence-corrected chi connectivity index (χ0v) is 13.7. The van der Waals surface area contributed by atoms with E-state index in [1.807, 2.05) is 0 Å². The topological polar surface area (TPSA) is 219 Å². The molecule has 0 aromatic heterocycles. The van der Waals surface area contributed by atoms with Crippen molar-refractivity contribution in [3.8, 4) is 0 Å². The molecular formula is C10H27FeN2NaO8. The van der Waals surface area contributed by atoms with Crippen molar-refractivity contribution in [3.05, 3.63) is 13.2 Å². The number of hydrogen-bond acceptors (Lipinski definition) is 6. The Kier molecular flexibility index (Phi) is 158. The summed E-state index contributed by atoms with van der Waals surface area (Å²) in [5.74, 6) is -3.33. The summed E-state index contributed by atoms with van der Waals surface area (Å²) in [5, 5.41) is 29.7. The Labute approximate surface area is 162 Å². The molecule has 0 unspecified atom stereocenters. The Hall–Kier alpha value is -0.941. The van der Waals surface area contributed by atoms with Crippen LogP contribution in [0.15, 0.2) is 13.2 Å². The standard InChI is InChI=1S/4C2H4O2.C2H4.Fe.2H3N.Na.H/c4*1-2(3)4;1-2;;;;;/h4*1H3,(H,3,4);1-2H2;;2*1H3;;. The molecule has 0 heterocycles. The van der Waals surface area contributed by atoms with E-state index < -0.39 is 23.9 Å². The number of hydrogen-bond donors (Lipinski definition) is 6. The predicted molar refractivity (Wildman–Crippen MR) is 81.7 cm³/mol. The molecule has 0 aromatic carbocycles. The van der Waals surface area contributed by atoms with Crippen molar-refractivity contribution in [1.29, 1.82) is 0 Å². The number of aliphatic carboxylic acids is 4. The fourth-order valence-electron chi connectivity index (χ4n) is 0. The van der Waals surface area contributed by atoms with Crippen LogP contribution in [0.25, 0.3) is 0 Å². The zero-order valence-electron chi connectivity index (χ0n) is 12.6. The Morgan fingerprint density at radius 2 is 0.591 bits per heavy atom. The second-order valence-electron chi connectivity index (χ2n) is 2.08. The Morgan fingerprint density at radius 3 is 0.591 bits per heavy atom. The van der Waals surface area contributed by atoms with E-state index >= 15 is 0 Å². The summed E-state index contributed by atoms with van der Waals surface area (Å²) in [6.45, 7) is 10.3. The average Bonchev–Trinajstić information content (AvgIpc) is 2.01. The van der Waals surface area contributed by atoms with Gasteiger partial charge in [0.05, 0.1) is 0 Å². The van der Waals surface area contributed by atoms with E-state index in [4.69, 9.17) is 39.6 Å². The van der Waals surface area contributed by atoms with Crippen LogP contribution >= 0.6 is 0 Å². The Bertz CT molecular complexity index is 191. The summed E-state index contributed by atoms with van der Waals surface area (Å²) in [5.41, 5.74) is 0. The van der Waals surface area contributed by atoms with Gasteiger partial charge in [-0.05, 0) is 0 Å². The van der Waals surface area contributed by atoms with Crippen molar-refractivity contribution in [3.63, 3.8) is 0 Å². The van der Waals surface area contributed by atoms with Gasteiger partial charge in [0.1, 0.15) is 0 Å². The van der Waals surface area contributed by atoms with Crippen LogP contribution in [0.2, 0.25) is 0 Å². The molecule has 0 aliphatic rings. The zero-order chi connectivity index (χ0) is 16.3. The van der Waals surface area contributed by atoms with Gasteiger partial charge in [-0.15, -0.1) is 13.2 Å². The van der Waals surface area contributed by atoms with Crippen molar-refractivity contribution in [1.82, 2.24) is 12.3 Å². The van der Waals surface area contributed by atoms with Crippen LogP contribution in [0.1, 0.15) is 27.7 Å². The van der Waals surface area contributed by atoms with Gasteiger partial charge in [-0.3, -0.25) is 19.2 Å². The van der Waals surface area contributed by atoms with Crippen molar-refractivity contribution < 1.29 is 56.7 Å². The summed E-state index contributed by atoms with van der Waals surface area (Å²) in [4.78, 5) is 36.0. The first-order chi connectivity index (χ1) is 7.93. The molecule has 0 amide bonds. The number of carboxylic acids is 4. The third-order valence-corrected chi connectivity index (χ3v) is 0. The van der Waals surface area contributed by atoms with Gasteiger partial charge in [0, 0.05) is 44.8 Å². The number of rotatable bonds is 0. The molecule has 12 heteroatoms. The normalized spacial score (nSPS) is 4.73. The SMILES string of the molecule is C=C.CC(=O)O.CC(=O)O.CC(=O)O.CC(=O)O.N.N.[Fe].[NaH]. The Morgan fingerprint density at radius 1 is 0.591 bits per heavy atom. The summed E-state index contributed by atoms with van der Waals surface area (Å²) >= 11 is 0. The first-order valence-electron chi connectivity index (χ1n) is 4.21. The predicted octanol–water partition coefficient (Wildman–Crippen LogP) is 0.839. The molecule has 0 fully saturated rings. The van der Waals surface area contributed by atoms with Gasteiger partial charge in [-0.1, -0.05) is 0 Å². The maximum absolute atomic E-state index is 9.00. The quantitative estimate of drug-likeness (QED) is 0.256. The van der Waals surface area contributed by atoms with Gasteiger partial charge >= 0.3 is 29.6 Å². The first kappa shape index (κ1) is 58.3. The van der Waals surface area contributed by atoms with E-state index in [9.17, 15) is 0 Å². The maximum atomic E-state index is 9.00. The van der Waals surface area contributed by atoms with Crippen LogP contribution in [0.4, 0.5) is 0 Å². The van der Waals surface area contributed by atoms with E-state index in [2.05, 4.69) is 13.2 Å². The monoisotopic (exact) mass is 382 g/mol. The molecule has 0 aliphatic carbocycles. The molecule has 0 aromatic rings. The molecule has 134 valence electrons. The molecule has 0 bridgehead atoms. The third kappa shape index (κ3) is 7030. The summed E-state index contributed by atoms with van der Waals surface area (Å²) < 4.78 is 0. The third-order valence-electron chi connectivity index (χ3n) is 0. The summed E-state index contributed by atoms with van der Waals surface area (Å²) in [7, 11) is 0. The van der Waals surface area contributed by atoms with Gasteiger partial charge in [0.15, 0.2) is 0 Å². The van der Waals surface area contributed by atoms with E-state index in [1.165, 1.54) is 0 Å². The second kappa shape index (κ2) is 59.6. The number of carbonyl (C=O) groups is 4. The summed E-state index contributed by atoms with van der Waals surface area (Å²) in [6, 6.07) is 0. The van der Waals surface area contributed by atoms with E-state index in [0.29, 0.717) is 0 Å². The molecule has 0 aliphatic heterocycles. The molecule has 0 atom stereocenters. The molecular weight excluding hydrogens is 355 g/mol. The molecule has 22 heavy (non-hydrogen) atoms. The van der Waals surface area contributed by atoms with Crippen LogP contribution in [-0.2, 0) is 36.2 Å². The molecule has 0 spiro atoms. The number of carboxylic acid groups (broad SMARTS) is 4. The van der Waals surface area contributed by atoms with Crippen molar-refractivity contribution in [2.75, 3.05) is 0 Å².